The lowest BCUT2D eigenvalue weighted by Gasteiger charge is -1.86. The van der Waals surface area contributed by atoms with E-state index in [9.17, 15) is 0 Å². The summed E-state index contributed by atoms with van der Waals surface area (Å²) in [6, 6.07) is 8.79. The first kappa shape index (κ1) is 7.20. The molecule has 0 atom stereocenters. The largest absolute Gasteiger partial charge is 0.361 e. The van der Waals surface area contributed by atoms with E-state index in [-0.39, 0.29) is 0 Å². The van der Waals surface area contributed by atoms with Crippen molar-refractivity contribution in [2.24, 2.45) is 0 Å². The summed E-state index contributed by atoms with van der Waals surface area (Å²) in [5, 5.41) is 8.47. The second kappa shape index (κ2) is 3.31. The van der Waals surface area contributed by atoms with Crippen molar-refractivity contribution in [1.29, 1.82) is 5.26 Å². The number of nitriles is 1. The highest BCUT2D eigenvalue weighted by molar-refractivity contribution is 5.75. The molecule has 0 amide bonds. The van der Waals surface area contributed by atoms with E-state index in [1.54, 1.807) is 24.3 Å². The highest BCUT2D eigenvalue weighted by Crippen LogP contribution is 2.00. The molecular formula is C8H5N3. The van der Waals surface area contributed by atoms with Gasteiger partial charge in [0.2, 0.25) is 0 Å². The standard InChI is InChI=1S/C8H5N3/c9-5-7-2-1-3-8(4-7)6-11-10/h1-4,6H. The summed E-state index contributed by atoms with van der Waals surface area (Å²) in [6.07, 6.45) is 1.28. The molecule has 3 heteroatoms. The smallest absolute Gasteiger partial charge is 0.287 e. The van der Waals surface area contributed by atoms with Crippen LogP contribution in [0.15, 0.2) is 24.3 Å². The van der Waals surface area contributed by atoms with Crippen molar-refractivity contribution < 1.29 is 4.79 Å². The van der Waals surface area contributed by atoms with E-state index in [0.717, 1.165) is 0 Å². The Morgan fingerprint density at radius 1 is 1.55 bits per heavy atom. The summed E-state index contributed by atoms with van der Waals surface area (Å²) in [4.78, 5) is 2.85. The first-order valence-corrected chi connectivity index (χ1v) is 3.04. The molecule has 0 radical (unpaired) electrons. The van der Waals surface area contributed by atoms with Crippen molar-refractivity contribution in [2.45, 2.75) is 0 Å². The fraction of sp³-hybridized carbons (Fsp3) is 0. The molecule has 0 aliphatic rings. The fourth-order valence-electron chi connectivity index (χ4n) is 0.755. The van der Waals surface area contributed by atoms with E-state index in [4.69, 9.17) is 10.8 Å². The third kappa shape index (κ3) is 1.75. The van der Waals surface area contributed by atoms with E-state index in [2.05, 4.69) is 4.79 Å². The Kier molecular flexibility index (Phi) is 2.16. The van der Waals surface area contributed by atoms with Crippen molar-refractivity contribution in [3.63, 3.8) is 0 Å². The molecule has 0 unspecified atom stereocenters. The van der Waals surface area contributed by atoms with Crippen molar-refractivity contribution in [3.05, 3.63) is 40.9 Å². The summed E-state index contributed by atoms with van der Waals surface area (Å²) in [6.45, 7) is 0. The van der Waals surface area contributed by atoms with E-state index >= 15 is 0 Å². The average Bonchev–Trinajstić information content (AvgIpc) is 2.06. The summed E-state index contributed by atoms with van der Waals surface area (Å²) < 4.78 is 0. The van der Waals surface area contributed by atoms with Crippen molar-refractivity contribution in [3.8, 4) is 6.07 Å². The number of nitrogens with zero attached hydrogens (tertiary/aromatic N) is 3. The van der Waals surface area contributed by atoms with Crippen LogP contribution in [-0.2, 0) is 0 Å². The van der Waals surface area contributed by atoms with Crippen molar-refractivity contribution >= 4 is 6.21 Å². The van der Waals surface area contributed by atoms with Crippen LogP contribution < -0.4 is 0 Å². The van der Waals surface area contributed by atoms with Crippen molar-refractivity contribution in [1.82, 2.24) is 0 Å². The maximum atomic E-state index is 8.47. The Morgan fingerprint density at radius 2 is 2.36 bits per heavy atom. The summed E-state index contributed by atoms with van der Waals surface area (Å²) in [5.74, 6) is 0. The summed E-state index contributed by atoms with van der Waals surface area (Å²) >= 11 is 0. The van der Waals surface area contributed by atoms with Crippen LogP contribution in [-0.4, -0.2) is 11.0 Å². The van der Waals surface area contributed by atoms with Gasteiger partial charge in [0, 0.05) is 0 Å². The van der Waals surface area contributed by atoms with Gasteiger partial charge < -0.3 is 5.53 Å². The van der Waals surface area contributed by atoms with Gasteiger partial charge in [-0.2, -0.15) is 10.1 Å². The lowest BCUT2D eigenvalue weighted by molar-refractivity contribution is 0.00456. The number of rotatable bonds is 1. The third-order valence-electron chi connectivity index (χ3n) is 1.22. The molecule has 11 heavy (non-hydrogen) atoms. The molecule has 0 aliphatic carbocycles. The summed E-state index contributed by atoms with van der Waals surface area (Å²) in [5.41, 5.74) is 9.44. The predicted octanol–water partition coefficient (Wildman–Crippen LogP) is 1.21. The molecule has 52 valence electrons. The zero-order valence-corrected chi connectivity index (χ0v) is 5.73. The minimum Gasteiger partial charge on any atom is -0.361 e. The van der Waals surface area contributed by atoms with Gasteiger partial charge in [0.25, 0.3) is 6.21 Å². The molecule has 0 aliphatic heterocycles. The van der Waals surface area contributed by atoms with Crippen LogP contribution in [0.3, 0.4) is 0 Å². The molecule has 0 aromatic heterocycles. The zero-order chi connectivity index (χ0) is 8.10. The SMILES string of the molecule is N#Cc1cccc(C=[N+]=[N-])c1. The normalized spacial score (nSPS) is 7.91. The zero-order valence-electron chi connectivity index (χ0n) is 5.73. The van der Waals surface area contributed by atoms with E-state index in [1.807, 2.05) is 6.07 Å². The first-order valence-electron chi connectivity index (χ1n) is 3.04. The quantitative estimate of drug-likeness (QED) is 0.331. The lowest BCUT2D eigenvalue weighted by Crippen LogP contribution is -1.82. The van der Waals surface area contributed by atoms with E-state index in [1.165, 1.54) is 6.21 Å². The highest BCUT2D eigenvalue weighted by Gasteiger charge is 1.93. The Morgan fingerprint density at radius 3 is 3.00 bits per heavy atom. The fourth-order valence-corrected chi connectivity index (χ4v) is 0.755. The maximum absolute atomic E-state index is 8.47. The van der Waals surface area contributed by atoms with Crippen LogP contribution in [0.25, 0.3) is 5.53 Å². The maximum Gasteiger partial charge on any atom is 0.287 e. The Labute approximate surface area is 64.1 Å². The minimum absolute atomic E-state index is 0.558. The van der Waals surface area contributed by atoms with Crippen molar-refractivity contribution in [2.75, 3.05) is 0 Å². The summed E-state index contributed by atoms with van der Waals surface area (Å²) in [7, 11) is 0. The van der Waals surface area contributed by atoms with Gasteiger partial charge in [-0.15, -0.1) is 0 Å². The molecule has 0 fully saturated rings. The van der Waals surface area contributed by atoms with Gasteiger partial charge in [0.15, 0.2) is 0 Å². The number of benzene rings is 1. The first-order chi connectivity index (χ1) is 5.36. The predicted molar refractivity (Wildman–Crippen MR) is 39.9 cm³/mol. The Balaban J connectivity index is 3.12. The van der Waals surface area contributed by atoms with Gasteiger partial charge >= 0.3 is 0 Å². The molecule has 0 bridgehead atoms. The van der Waals surface area contributed by atoms with Crippen LogP contribution in [0.1, 0.15) is 11.1 Å². The molecular weight excluding hydrogens is 138 g/mol. The van der Waals surface area contributed by atoms with Crippen LogP contribution in [0.2, 0.25) is 0 Å². The monoisotopic (exact) mass is 143 g/mol. The van der Waals surface area contributed by atoms with Crippen LogP contribution in [0.5, 0.6) is 0 Å². The van der Waals surface area contributed by atoms with Crippen LogP contribution >= 0.6 is 0 Å². The van der Waals surface area contributed by atoms with E-state index in [0.29, 0.717) is 11.1 Å². The average molecular weight is 143 g/mol. The molecule has 3 nitrogen and oxygen atoms in total. The van der Waals surface area contributed by atoms with Crippen LogP contribution in [0.4, 0.5) is 0 Å². The second-order valence-electron chi connectivity index (χ2n) is 1.98. The third-order valence-corrected chi connectivity index (χ3v) is 1.22. The van der Waals surface area contributed by atoms with Gasteiger partial charge in [0.1, 0.15) is 0 Å². The number of hydrogen-bond donors (Lipinski definition) is 0. The molecule has 0 saturated carbocycles. The highest BCUT2D eigenvalue weighted by atomic mass is 14.8. The molecule has 0 heterocycles. The van der Waals surface area contributed by atoms with Gasteiger partial charge in [-0.05, 0) is 18.2 Å². The van der Waals surface area contributed by atoms with Gasteiger partial charge in [-0.3, -0.25) is 0 Å². The molecule has 0 spiro atoms. The second-order valence-corrected chi connectivity index (χ2v) is 1.98. The lowest BCUT2D eigenvalue weighted by atomic mass is 10.1. The van der Waals surface area contributed by atoms with Gasteiger partial charge in [-0.25, -0.2) is 0 Å². The molecule has 1 aromatic rings. The minimum atomic E-state index is 0.558. The van der Waals surface area contributed by atoms with Gasteiger partial charge in [-0.1, -0.05) is 6.07 Å². The van der Waals surface area contributed by atoms with E-state index < -0.39 is 0 Å². The Bertz CT molecular complexity index is 343. The topological polar surface area (TPSA) is 60.2 Å². The van der Waals surface area contributed by atoms with Gasteiger partial charge in [0.05, 0.1) is 17.2 Å². The Hall–Kier alpha value is -1.91. The van der Waals surface area contributed by atoms with Crippen LogP contribution in [0, 0.1) is 11.3 Å². The molecule has 0 saturated heterocycles. The molecule has 1 rings (SSSR count). The molecule has 0 N–H and O–H groups in total. The molecule has 1 aromatic carbocycles. The number of hydrogen-bond acceptors (Lipinski definition) is 1.